The van der Waals surface area contributed by atoms with Crippen LogP contribution in [0, 0.1) is 0 Å². The van der Waals surface area contributed by atoms with E-state index >= 15 is 0 Å². The number of benzene rings is 3. The van der Waals surface area contributed by atoms with E-state index < -0.39 is 39.7 Å². The van der Waals surface area contributed by atoms with Crippen molar-refractivity contribution < 1.29 is 45.1 Å². The first kappa shape index (κ1) is 28.7. The molecule has 3 aromatic rings. The molecule has 1 aliphatic rings. The van der Waals surface area contributed by atoms with Gasteiger partial charge in [0, 0.05) is 21.3 Å². The fraction of sp³-hybridized carbons (Fsp3) is 0.200. The highest BCUT2D eigenvalue weighted by molar-refractivity contribution is 9.10. The van der Waals surface area contributed by atoms with E-state index in [2.05, 4.69) is 21.2 Å². The van der Waals surface area contributed by atoms with Gasteiger partial charge in [0.2, 0.25) is 0 Å². The highest BCUT2D eigenvalue weighted by atomic mass is 79.9. The molecule has 3 aromatic carbocycles. The van der Waals surface area contributed by atoms with Gasteiger partial charge in [0.25, 0.3) is 11.8 Å². The summed E-state index contributed by atoms with van der Waals surface area (Å²) < 4.78 is 98.4. The second kappa shape index (κ2) is 10.0. The first-order valence-corrected chi connectivity index (χ1v) is 12.0. The molecule has 39 heavy (non-hydrogen) atoms. The van der Waals surface area contributed by atoms with Crippen molar-refractivity contribution in [1.29, 1.82) is 0 Å². The Hall–Kier alpha value is -3.32. The zero-order chi connectivity index (χ0) is 28.9. The van der Waals surface area contributed by atoms with Crippen LogP contribution >= 0.6 is 27.5 Å². The summed E-state index contributed by atoms with van der Waals surface area (Å²) >= 11 is 8.98. The van der Waals surface area contributed by atoms with E-state index in [0.717, 1.165) is 12.7 Å². The van der Waals surface area contributed by atoms with Crippen LogP contribution in [-0.4, -0.2) is 31.3 Å². The van der Waals surface area contributed by atoms with Gasteiger partial charge in [-0.05, 0) is 57.9 Å². The topological polar surface area (TPSA) is 58.6 Å². The van der Waals surface area contributed by atoms with Gasteiger partial charge in [-0.2, -0.15) is 26.3 Å². The molecule has 0 atom stereocenters. The van der Waals surface area contributed by atoms with Crippen LogP contribution in [0.3, 0.4) is 0 Å². The maximum Gasteiger partial charge on any atom is 0.435 e. The molecule has 0 bridgehead atoms. The van der Waals surface area contributed by atoms with Crippen molar-refractivity contribution in [3.8, 4) is 5.75 Å². The van der Waals surface area contributed by atoms with Crippen molar-refractivity contribution in [2.75, 3.05) is 17.3 Å². The van der Waals surface area contributed by atoms with Gasteiger partial charge in [0.1, 0.15) is 5.75 Å². The molecule has 4 rings (SSSR count). The minimum atomic E-state index is -6.35. The maximum absolute atomic E-state index is 14.6. The number of amides is 2. The molecule has 2 amide bonds. The average Bonchev–Trinajstić information content (AvgIpc) is 3.19. The number of carbonyl (C=O) groups excluding carboxylic acids is 2. The van der Waals surface area contributed by atoms with E-state index in [1.807, 2.05) is 0 Å². The number of rotatable bonds is 5. The van der Waals surface area contributed by atoms with Gasteiger partial charge < -0.3 is 15.0 Å². The van der Waals surface area contributed by atoms with Gasteiger partial charge >= 0.3 is 18.0 Å². The minimum Gasteiger partial charge on any atom is -0.495 e. The average molecular weight is 640 g/mol. The number of carbonyl (C=O) groups is 2. The molecule has 0 radical (unpaired) electrons. The van der Waals surface area contributed by atoms with E-state index in [4.69, 9.17) is 16.3 Å². The van der Waals surface area contributed by atoms with Crippen LogP contribution in [0.5, 0.6) is 5.75 Å². The SMILES string of the molecule is COc1cc(C(F)(C(F)(F)F)C(F)(F)F)cc(Br)c1NC(=O)c1cc(N2Cc3ccccc3C2=O)ccc1Cl. The highest BCUT2D eigenvalue weighted by Gasteiger charge is 2.73. The quantitative estimate of drug-likeness (QED) is 0.290. The van der Waals surface area contributed by atoms with Crippen molar-refractivity contribution in [3.05, 3.63) is 86.3 Å². The Balaban J connectivity index is 1.69. The molecule has 0 saturated heterocycles. The fourth-order valence-corrected chi connectivity index (χ4v) is 4.79. The maximum atomic E-state index is 14.6. The Kier molecular flexibility index (Phi) is 7.36. The number of alkyl halides is 7. The van der Waals surface area contributed by atoms with Crippen molar-refractivity contribution in [3.63, 3.8) is 0 Å². The van der Waals surface area contributed by atoms with Crippen LogP contribution in [0.25, 0.3) is 0 Å². The molecule has 1 heterocycles. The van der Waals surface area contributed by atoms with Crippen LogP contribution in [0.2, 0.25) is 5.02 Å². The van der Waals surface area contributed by atoms with Crippen LogP contribution in [0.4, 0.5) is 42.1 Å². The number of anilines is 2. The third-order valence-electron chi connectivity index (χ3n) is 6.02. The predicted molar refractivity (Wildman–Crippen MR) is 132 cm³/mol. The summed E-state index contributed by atoms with van der Waals surface area (Å²) in [6, 6.07) is 11.5. The van der Waals surface area contributed by atoms with Crippen LogP contribution in [-0.2, 0) is 12.2 Å². The molecule has 0 fully saturated rings. The molecule has 0 unspecified atom stereocenters. The summed E-state index contributed by atoms with van der Waals surface area (Å²) in [5, 5.41) is 2.24. The van der Waals surface area contributed by atoms with Crippen LogP contribution in [0.15, 0.2) is 59.1 Å². The van der Waals surface area contributed by atoms with Crippen LogP contribution in [0.1, 0.15) is 31.8 Å². The smallest absolute Gasteiger partial charge is 0.435 e. The van der Waals surface area contributed by atoms with Crippen LogP contribution < -0.4 is 15.0 Å². The number of halogens is 9. The number of nitrogens with one attached hydrogen (secondary N) is 1. The van der Waals surface area contributed by atoms with Crippen molar-refractivity contribution in [2.24, 2.45) is 0 Å². The van der Waals surface area contributed by atoms with Gasteiger partial charge in [-0.1, -0.05) is 29.8 Å². The minimum absolute atomic E-state index is 0.0657. The molecular formula is C25H15BrClF7N2O3. The monoisotopic (exact) mass is 638 g/mol. The van der Waals surface area contributed by atoms with E-state index in [-0.39, 0.29) is 40.9 Å². The first-order chi connectivity index (χ1) is 18.1. The van der Waals surface area contributed by atoms with Gasteiger partial charge in [-0.25, -0.2) is 4.39 Å². The second-order valence-electron chi connectivity index (χ2n) is 8.36. The molecule has 0 aliphatic carbocycles. The van der Waals surface area contributed by atoms with E-state index in [1.54, 1.807) is 24.3 Å². The molecule has 0 saturated carbocycles. The molecule has 0 spiro atoms. The summed E-state index contributed by atoms with van der Waals surface area (Å²) in [7, 11) is 0.909. The predicted octanol–water partition coefficient (Wildman–Crippen LogP) is 7.81. The van der Waals surface area contributed by atoms with Gasteiger partial charge in [-0.3, -0.25) is 9.59 Å². The van der Waals surface area contributed by atoms with Crippen molar-refractivity contribution in [1.82, 2.24) is 0 Å². The zero-order valence-electron chi connectivity index (χ0n) is 19.5. The summed E-state index contributed by atoms with van der Waals surface area (Å²) in [5.74, 6) is -1.94. The lowest BCUT2D eigenvalue weighted by Crippen LogP contribution is -2.50. The number of hydrogen-bond acceptors (Lipinski definition) is 3. The van der Waals surface area contributed by atoms with Crippen molar-refractivity contribution >= 4 is 50.7 Å². The Labute approximate surface area is 229 Å². The number of hydrogen-bond donors (Lipinski definition) is 1. The summed E-state index contributed by atoms with van der Waals surface area (Å²) in [6.45, 7) is 0.224. The highest BCUT2D eigenvalue weighted by Crippen LogP contribution is 2.55. The summed E-state index contributed by atoms with van der Waals surface area (Å²) in [6.07, 6.45) is -12.7. The van der Waals surface area contributed by atoms with Crippen molar-refractivity contribution in [2.45, 2.75) is 24.6 Å². The Morgan fingerprint density at radius 2 is 1.64 bits per heavy atom. The lowest BCUT2D eigenvalue weighted by atomic mass is 9.93. The number of methoxy groups -OCH3 is 1. The van der Waals surface area contributed by atoms with Gasteiger partial charge in [0.15, 0.2) is 0 Å². The largest absolute Gasteiger partial charge is 0.495 e. The first-order valence-electron chi connectivity index (χ1n) is 10.8. The Morgan fingerprint density at radius 1 is 1.00 bits per heavy atom. The fourth-order valence-electron chi connectivity index (χ4n) is 4.05. The van der Waals surface area contributed by atoms with Gasteiger partial charge in [0.05, 0.1) is 29.9 Å². The molecule has 1 N–H and O–H groups in total. The lowest BCUT2D eigenvalue weighted by molar-refractivity contribution is -0.348. The lowest BCUT2D eigenvalue weighted by Gasteiger charge is -2.31. The van der Waals surface area contributed by atoms with Gasteiger partial charge in [-0.15, -0.1) is 0 Å². The molecule has 5 nitrogen and oxygen atoms in total. The number of fused-ring (bicyclic) bond motifs is 1. The summed E-state index contributed by atoms with van der Waals surface area (Å²) in [4.78, 5) is 27.3. The molecule has 0 aromatic heterocycles. The molecular weight excluding hydrogens is 625 g/mol. The molecule has 1 aliphatic heterocycles. The van der Waals surface area contributed by atoms with E-state index in [0.29, 0.717) is 11.3 Å². The Bertz CT molecular complexity index is 1460. The normalized spacial score (nSPS) is 13.9. The second-order valence-corrected chi connectivity index (χ2v) is 9.62. The number of nitrogens with zero attached hydrogens (tertiary/aromatic N) is 1. The Morgan fingerprint density at radius 3 is 2.23 bits per heavy atom. The standard InChI is InChI=1S/C25H15BrClF7N2O3/c1-39-19-9-13(23(28,24(29,30)31)25(32,33)34)8-17(26)20(19)35-21(37)16-10-14(6-7-18(16)27)36-11-12-4-2-3-5-15(12)22(36)38/h2-10H,11H2,1H3,(H,35,37). The third kappa shape index (κ3) is 4.93. The summed E-state index contributed by atoms with van der Waals surface area (Å²) in [5.41, 5.74) is -6.52. The molecule has 206 valence electrons. The molecule has 14 heteroatoms. The van der Waals surface area contributed by atoms with E-state index in [1.165, 1.54) is 23.1 Å². The zero-order valence-corrected chi connectivity index (χ0v) is 21.8. The third-order valence-corrected chi connectivity index (χ3v) is 6.97. The number of ether oxygens (including phenoxy) is 1. The van der Waals surface area contributed by atoms with E-state index in [9.17, 15) is 40.3 Å².